The van der Waals surface area contributed by atoms with Crippen LogP contribution in [0.2, 0.25) is 0 Å². The fourth-order valence-electron chi connectivity index (χ4n) is 3.31. The summed E-state index contributed by atoms with van der Waals surface area (Å²) in [5.41, 5.74) is 0.0691. The smallest absolute Gasteiger partial charge is 0.338 e. The maximum atomic E-state index is 12.7. The molecule has 0 aliphatic carbocycles. The number of benzene rings is 2. The third-order valence-electron chi connectivity index (χ3n) is 4.89. The number of ether oxygens (including phenoxy) is 2. The quantitative estimate of drug-likeness (QED) is 0.595. The summed E-state index contributed by atoms with van der Waals surface area (Å²) in [6, 6.07) is 17.7. The second-order valence-electron chi connectivity index (χ2n) is 7.03. The van der Waals surface area contributed by atoms with Crippen molar-refractivity contribution >= 4 is 11.9 Å². The van der Waals surface area contributed by atoms with Crippen molar-refractivity contribution < 1.29 is 19.1 Å². The van der Waals surface area contributed by atoms with Crippen LogP contribution in [0, 0.1) is 5.92 Å². The highest BCUT2D eigenvalue weighted by Gasteiger charge is 2.45. The highest BCUT2D eigenvalue weighted by molar-refractivity contribution is 5.90. The van der Waals surface area contributed by atoms with E-state index in [0.717, 1.165) is 6.42 Å². The SMILES string of the molecule is CCCC(OC(=O)c1ccccc1)(C(C)C)C(C)OC(=O)c1ccccc1. The van der Waals surface area contributed by atoms with Crippen molar-refractivity contribution in [1.82, 2.24) is 0 Å². The fraction of sp³-hybridized carbons (Fsp3) is 0.391. The Kier molecular flexibility index (Phi) is 7.17. The highest BCUT2D eigenvalue weighted by Crippen LogP contribution is 2.34. The average molecular weight is 368 g/mol. The molecule has 0 bridgehead atoms. The predicted molar refractivity (Wildman–Crippen MR) is 106 cm³/mol. The highest BCUT2D eigenvalue weighted by atomic mass is 16.6. The van der Waals surface area contributed by atoms with Crippen LogP contribution in [0.3, 0.4) is 0 Å². The summed E-state index contributed by atoms with van der Waals surface area (Å²) >= 11 is 0. The lowest BCUT2D eigenvalue weighted by molar-refractivity contribution is -0.119. The normalized spacial score (nSPS) is 14.3. The Balaban J connectivity index is 2.26. The molecule has 0 heterocycles. The van der Waals surface area contributed by atoms with Gasteiger partial charge in [0.15, 0.2) is 5.60 Å². The van der Waals surface area contributed by atoms with Gasteiger partial charge < -0.3 is 9.47 Å². The van der Waals surface area contributed by atoms with Crippen LogP contribution in [0.25, 0.3) is 0 Å². The van der Waals surface area contributed by atoms with Crippen LogP contribution in [-0.4, -0.2) is 23.6 Å². The van der Waals surface area contributed by atoms with Crippen LogP contribution in [0.4, 0.5) is 0 Å². The van der Waals surface area contributed by atoms with E-state index in [9.17, 15) is 9.59 Å². The summed E-state index contributed by atoms with van der Waals surface area (Å²) in [6.45, 7) is 7.80. The Bertz CT molecular complexity index is 739. The zero-order valence-corrected chi connectivity index (χ0v) is 16.5. The molecule has 4 heteroatoms. The molecular weight excluding hydrogens is 340 g/mol. The van der Waals surface area contributed by atoms with E-state index < -0.39 is 23.6 Å². The topological polar surface area (TPSA) is 52.6 Å². The van der Waals surface area contributed by atoms with E-state index in [1.165, 1.54) is 0 Å². The molecule has 0 aliphatic heterocycles. The van der Waals surface area contributed by atoms with Crippen LogP contribution >= 0.6 is 0 Å². The zero-order chi connectivity index (χ0) is 19.9. The van der Waals surface area contributed by atoms with E-state index >= 15 is 0 Å². The molecule has 144 valence electrons. The Labute approximate surface area is 161 Å². The van der Waals surface area contributed by atoms with Crippen LogP contribution in [0.5, 0.6) is 0 Å². The van der Waals surface area contributed by atoms with E-state index in [1.807, 2.05) is 32.9 Å². The minimum atomic E-state index is -0.897. The molecule has 0 aliphatic rings. The van der Waals surface area contributed by atoms with E-state index in [4.69, 9.17) is 9.47 Å². The Morgan fingerprint density at radius 3 is 1.78 bits per heavy atom. The summed E-state index contributed by atoms with van der Waals surface area (Å²) < 4.78 is 11.7. The summed E-state index contributed by atoms with van der Waals surface area (Å²) in [4.78, 5) is 25.3. The molecule has 0 radical (unpaired) electrons. The molecule has 2 aromatic rings. The molecule has 2 atom stereocenters. The third kappa shape index (κ3) is 4.97. The van der Waals surface area contributed by atoms with Gasteiger partial charge in [0.2, 0.25) is 0 Å². The van der Waals surface area contributed by atoms with Crippen molar-refractivity contribution in [2.45, 2.75) is 52.2 Å². The molecule has 0 fully saturated rings. The number of esters is 2. The van der Waals surface area contributed by atoms with Gasteiger partial charge in [0.25, 0.3) is 0 Å². The molecule has 0 saturated carbocycles. The van der Waals surface area contributed by atoms with Crippen molar-refractivity contribution in [1.29, 1.82) is 0 Å². The second kappa shape index (κ2) is 9.36. The van der Waals surface area contributed by atoms with Gasteiger partial charge in [-0.25, -0.2) is 9.59 Å². The molecule has 0 N–H and O–H groups in total. The van der Waals surface area contributed by atoms with Crippen LogP contribution < -0.4 is 0 Å². The number of hydrogen-bond acceptors (Lipinski definition) is 4. The molecule has 0 amide bonds. The zero-order valence-electron chi connectivity index (χ0n) is 16.5. The van der Waals surface area contributed by atoms with Crippen molar-refractivity contribution in [2.75, 3.05) is 0 Å². The average Bonchev–Trinajstić information content (AvgIpc) is 2.68. The maximum Gasteiger partial charge on any atom is 0.338 e. The van der Waals surface area contributed by atoms with E-state index in [1.54, 1.807) is 55.5 Å². The van der Waals surface area contributed by atoms with Gasteiger partial charge in [-0.3, -0.25) is 0 Å². The first-order valence-corrected chi connectivity index (χ1v) is 9.45. The Morgan fingerprint density at radius 1 is 0.852 bits per heavy atom. The summed E-state index contributed by atoms with van der Waals surface area (Å²) in [7, 11) is 0. The lowest BCUT2D eigenvalue weighted by atomic mass is 9.81. The standard InChI is InChI=1S/C23H28O4/c1-5-16-23(17(2)3,27-22(25)20-14-10-7-11-15-20)18(4)26-21(24)19-12-8-6-9-13-19/h6-15,17-18H,5,16H2,1-4H3. The molecule has 0 spiro atoms. The van der Waals surface area contributed by atoms with Gasteiger partial charge in [-0.2, -0.15) is 0 Å². The van der Waals surface area contributed by atoms with Gasteiger partial charge in [-0.1, -0.05) is 63.6 Å². The van der Waals surface area contributed by atoms with Crippen molar-refractivity contribution in [3.8, 4) is 0 Å². The summed E-state index contributed by atoms with van der Waals surface area (Å²) in [5, 5.41) is 0. The van der Waals surface area contributed by atoms with E-state index in [0.29, 0.717) is 17.5 Å². The van der Waals surface area contributed by atoms with Crippen molar-refractivity contribution in [3.63, 3.8) is 0 Å². The molecule has 0 aromatic heterocycles. The van der Waals surface area contributed by atoms with Gasteiger partial charge in [-0.15, -0.1) is 0 Å². The van der Waals surface area contributed by atoms with Crippen molar-refractivity contribution in [2.24, 2.45) is 5.92 Å². The molecule has 27 heavy (non-hydrogen) atoms. The van der Waals surface area contributed by atoms with Crippen molar-refractivity contribution in [3.05, 3.63) is 71.8 Å². The summed E-state index contributed by atoms with van der Waals surface area (Å²) in [5.74, 6) is -0.843. The number of carbonyl (C=O) groups excluding carboxylic acids is 2. The maximum absolute atomic E-state index is 12.7. The van der Waals surface area contributed by atoms with E-state index in [-0.39, 0.29) is 5.92 Å². The van der Waals surface area contributed by atoms with Gasteiger partial charge in [0.05, 0.1) is 11.1 Å². The van der Waals surface area contributed by atoms with Gasteiger partial charge >= 0.3 is 11.9 Å². The minimum absolute atomic E-state index is 0.0244. The fourth-order valence-corrected chi connectivity index (χ4v) is 3.31. The Hall–Kier alpha value is -2.62. The van der Waals surface area contributed by atoms with Gasteiger partial charge in [0, 0.05) is 0 Å². The van der Waals surface area contributed by atoms with E-state index in [2.05, 4.69) is 0 Å². The number of rotatable bonds is 8. The second-order valence-corrected chi connectivity index (χ2v) is 7.03. The molecule has 4 nitrogen and oxygen atoms in total. The van der Waals surface area contributed by atoms with Gasteiger partial charge in [-0.05, 0) is 43.5 Å². The van der Waals surface area contributed by atoms with Crippen LogP contribution in [-0.2, 0) is 9.47 Å². The monoisotopic (exact) mass is 368 g/mol. The predicted octanol–water partition coefficient (Wildman–Crippen LogP) is 5.28. The number of carbonyl (C=O) groups is 2. The first-order valence-electron chi connectivity index (χ1n) is 9.45. The minimum Gasteiger partial charge on any atom is -0.455 e. The lowest BCUT2D eigenvalue weighted by Gasteiger charge is -2.41. The molecule has 2 rings (SSSR count). The lowest BCUT2D eigenvalue weighted by Crippen LogP contribution is -2.51. The molecule has 2 aromatic carbocycles. The molecule has 0 saturated heterocycles. The first kappa shape index (κ1) is 20.7. The third-order valence-corrected chi connectivity index (χ3v) is 4.89. The first-order chi connectivity index (χ1) is 12.9. The van der Waals surface area contributed by atoms with Gasteiger partial charge in [0.1, 0.15) is 6.10 Å². The largest absolute Gasteiger partial charge is 0.455 e. The molecular formula is C23H28O4. The Morgan fingerprint density at radius 2 is 1.33 bits per heavy atom. The number of hydrogen-bond donors (Lipinski definition) is 0. The van der Waals surface area contributed by atoms with Crippen LogP contribution in [0.15, 0.2) is 60.7 Å². The summed E-state index contributed by atoms with van der Waals surface area (Å²) in [6.07, 6.45) is 0.817. The molecule has 2 unspecified atom stereocenters. The van der Waals surface area contributed by atoms with Crippen LogP contribution in [0.1, 0.15) is 61.3 Å².